The Labute approximate surface area is 220 Å². The quantitative estimate of drug-likeness (QED) is 0.0995. The van der Waals surface area contributed by atoms with E-state index in [1.54, 1.807) is 13.2 Å². The van der Waals surface area contributed by atoms with Gasteiger partial charge in [0.2, 0.25) is 0 Å². The Kier molecular flexibility index (Phi) is 6.83. The number of oxime groups is 1. The number of hydrogen-bond donors (Lipinski definition) is 0. The van der Waals surface area contributed by atoms with Crippen LogP contribution in [0.4, 0.5) is 0 Å². The predicted octanol–water partition coefficient (Wildman–Crippen LogP) is 6.81. The van der Waals surface area contributed by atoms with Crippen molar-refractivity contribution in [2.45, 2.75) is 40.8 Å². The molecule has 0 unspecified atom stereocenters. The van der Waals surface area contributed by atoms with E-state index >= 15 is 0 Å². The smallest absolute Gasteiger partial charge is 0.331 e. The maximum absolute atomic E-state index is 13.6. The highest BCUT2D eigenvalue weighted by atomic mass is 16.7. The van der Waals surface area contributed by atoms with Gasteiger partial charge in [-0.2, -0.15) is 0 Å². The fraction of sp³-hybridized carbons (Fsp3) is 0.194. The highest BCUT2D eigenvalue weighted by Gasteiger charge is 2.17. The number of furan rings is 1. The Hall–Kier alpha value is -4.65. The van der Waals surface area contributed by atoms with Crippen LogP contribution < -0.4 is 4.74 Å². The van der Waals surface area contributed by atoms with Gasteiger partial charge in [-0.1, -0.05) is 11.2 Å². The van der Waals surface area contributed by atoms with Gasteiger partial charge in [-0.05, 0) is 92.6 Å². The molecule has 0 aliphatic heterocycles. The Balaban J connectivity index is 1.50. The molecule has 3 aromatic carbocycles. The van der Waals surface area contributed by atoms with E-state index in [4.69, 9.17) is 14.0 Å². The van der Waals surface area contributed by atoms with Crippen molar-refractivity contribution < 1.29 is 23.6 Å². The van der Waals surface area contributed by atoms with Crippen molar-refractivity contribution in [3.63, 3.8) is 0 Å². The van der Waals surface area contributed by atoms with E-state index in [-0.39, 0.29) is 5.78 Å². The lowest BCUT2D eigenvalue weighted by Gasteiger charge is -2.10. The molecule has 0 spiro atoms. The molecule has 0 N–H and O–H groups in total. The van der Waals surface area contributed by atoms with Gasteiger partial charge in [0.15, 0.2) is 5.78 Å². The molecule has 0 fully saturated rings. The number of ether oxygens (including phenoxy) is 1. The number of benzene rings is 3. The lowest BCUT2D eigenvalue weighted by atomic mass is 9.97. The van der Waals surface area contributed by atoms with Gasteiger partial charge in [0.05, 0.1) is 12.0 Å². The van der Waals surface area contributed by atoms with E-state index in [0.717, 1.165) is 45.2 Å². The van der Waals surface area contributed by atoms with Crippen molar-refractivity contribution in [2.75, 3.05) is 0 Å². The van der Waals surface area contributed by atoms with Gasteiger partial charge in [0.25, 0.3) is 0 Å². The molecule has 38 heavy (non-hydrogen) atoms. The van der Waals surface area contributed by atoms with E-state index in [9.17, 15) is 9.59 Å². The normalized spacial score (nSPS) is 11.7. The van der Waals surface area contributed by atoms with Crippen LogP contribution in [-0.2, 0) is 22.8 Å². The van der Waals surface area contributed by atoms with Gasteiger partial charge in [-0.25, -0.2) is 4.79 Å². The van der Waals surface area contributed by atoms with Crippen LogP contribution in [0.1, 0.15) is 53.6 Å². The summed E-state index contributed by atoms with van der Waals surface area (Å²) in [5.74, 6) is 0.889. The van der Waals surface area contributed by atoms with Gasteiger partial charge in [0, 0.05) is 46.4 Å². The first-order valence-corrected chi connectivity index (χ1v) is 12.4. The Bertz CT molecular complexity index is 1690. The third kappa shape index (κ3) is 4.83. The molecular weight excluding hydrogens is 480 g/mol. The van der Waals surface area contributed by atoms with Crippen LogP contribution >= 0.6 is 0 Å². The molecule has 0 saturated heterocycles. The molecule has 5 rings (SSSR count). The lowest BCUT2D eigenvalue weighted by molar-refractivity contribution is -0.140. The maximum Gasteiger partial charge on any atom is 0.331 e. The fourth-order valence-electron chi connectivity index (χ4n) is 4.68. The molecule has 7 nitrogen and oxygen atoms in total. The molecular formula is C31H28N2O5. The van der Waals surface area contributed by atoms with Crippen LogP contribution in [0.3, 0.4) is 0 Å². The van der Waals surface area contributed by atoms with Gasteiger partial charge in [-0.15, -0.1) is 0 Å². The van der Waals surface area contributed by atoms with E-state index in [1.165, 1.54) is 6.92 Å². The summed E-state index contributed by atoms with van der Waals surface area (Å²) in [6, 6.07) is 21.0. The van der Waals surface area contributed by atoms with E-state index in [2.05, 4.69) is 16.6 Å². The number of nitrogens with zero attached hydrogens (tertiary/aromatic N) is 2. The molecule has 0 aliphatic rings. The van der Waals surface area contributed by atoms with Crippen LogP contribution in [0.25, 0.3) is 21.8 Å². The maximum atomic E-state index is 13.6. The van der Waals surface area contributed by atoms with Crippen molar-refractivity contribution in [3.8, 4) is 5.75 Å². The molecule has 5 aromatic rings. The zero-order valence-corrected chi connectivity index (χ0v) is 21.8. The second-order valence-electron chi connectivity index (χ2n) is 9.14. The summed E-state index contributed by atoms with van der Waals surface area (Å²) >= 11 is 0. The molecule has 0 saturated carbocycles. The van der Waals surface area contributed by atoms with Gasteiger partial charge in [-0.3, -0.25) is 4.79 Å². The number of aryl methyl sites for hydroxylation is 2. The summed E-state index contributed by atoms with van der Waals surface area (Å²) in [7, 11) is 0. The Morgan fingerprint density at radius 1 is 0.921 bits per heavy atom. The Morgan fingerprint density at radius 3 is 2.26 bits per heavy atom. The third-order valence-corrected chi connectivity index (χ3v) is 6.58. The standard InChI is InChI=1S/C31H28N2O5/c1-5-33-29-12-8-22(20(3)32-38-21(4)34)16-27(29)28-17-23(9-13-30(28)33)31(35)26-11-10-24(15-19(26)2)37-18-25-7-6-14-36-25/h6-17H,5,18H2,1-4H3. The first-order valence-electron chi connectivity index (χ1n) is 12.4. The Morgan fingerprint density at radius 2 is 1.63 bits per heavy atom. The zero-order valence-electron chi connectivity index (χ0n) is 21.8. The zero-order chi connectivity index (χ0) is 26.8. The minimum atomic E-state index is -0.469. The molecule has 2 aromatic heterocycles. The molecule has 0 aliphatic carbocycles. The highest BCUT2D eigenvalue weighted by molar-refractivity contribution is 6.16. The number of fused-ring (bicyclic) bond motifs is 3. The van der Waals surface area contributed by atoms with Crippen molar-refractivity contribution in [2.24, 2.45) is 5.16 Å². The van der Waals surface area contributed by atoms with Gasteiger partial charge in [0.1, 0.15) is 18.1 Å². The summed E-state index contributed by atoms with van der Waals surface area (Å²) < 4.78 is 13.3. The van der Waals surface area contributed by atoms with Crippen LogP contribution in [0, 0.1) is 6.92 Å². The molecule has 2 heterocycles. The molecule has 0 radical (unpaired) electrons. The monoisotopic (exact) mass is 508 g/mol. The summed E-state index contributed by atoms with van der Waals surface area (Å²) in [5.41, 5.74) is 5.61. The van der Waals surface area contributed by atoms with Crippen molar-refractivity contribution in [1.29, 1.82) is 0 Å². The summed E-state index contributed by atoms with van der Waals surface area (Å²) in [6.07, 6.45) is 1.61. The summed E-state index contributed by atoms with van der Waals surface area (Å²) in [4.78, 5) is 29.6. The minimum absolute atomic E-state index is 0.0526. The summed E-state index contributed by atoms with van der Waals surface area (Å²) in [6.45, 7) is 8.22. The second-order valence-corrected chi connectivity index (χ2v) is 9.14. The minimum Gasteiger partial charge on any atom is -0.486 e. The van der Waals surface area contributed by atoms with Crippen LogP contribution in [0.2, 0.25) is 0 Å². The van der Waals surface area contributed by atoms with E-state index in [0.29, 0.717) is 29.2 Å². The third-order valence-electron chi connectivity index (χ3n) is 6.58. The average molecular weight is 509 g/mol. The van der Waals surface area contributed by atoms with Crippen molar-refractivity contribution in [3.05, 3.63) is 101 Å². The highest BCUT2D eigenvalue weighted by Crippen LogP contribution is 2.32. The number of aromatic nitrogens is 1. The first-order chi connectivity index (χ1) is 18.4. The van der Waals surface area contributed by atoms with Gasteiger partial charge >= 0.3 is 5.97 Å². The number of rotatable bonds is 8. The molecule has 0 amide bonds. The number of carbonyl (C=O) groups is 2. The average Bonchev–Trinajstić information content (AvgIpc) is 3.55. The molecule has 192 valence electrons. The number of ketones is 1. The van der Waals surface area contributed by atoms with E-state index in [1.807, 2.05) is 73.7 Å². The van der Waals surface area contributed by atoms with Crippen LogP contribution in [0.15, 0.2) is 82.6 Å². The first kappa shape index (κ1) is 25.0. The lowest BCUT2D eigenvalue weighted by Crippen LogP contribution is -2.04. The SMILES string of the molecule is CCn1c2ccc(C(=O)c3ccc(OCc4ccco4)cc3C)cc2c2cc(C(C)=NOC(C)=O)ccc21. The number of hydrogen-bond acceptors (Lipinski definition) is 6. The fourth-order valence-corrected chi connectivity index (χ4v) is 4.68. The van der Waals surface area contributed by atoms with Gasteiger partial charge < -0.3 is 18.6 Å². The van der Waals surface area contributed by atoms with E-state index < -0.39 is 5.97 Å². The molecule has 7 heteroatoms. The summed E-state index contributed by atoms with van der Waals surface area (Å²) in [5, 5.41) is 5.91. The van der Waals surface area contributed by atoms with Crippen molar-refractivity contribution >= 4 is 39.3 Å². The second kappa shape index (κ2) is 10.4. The topological polar surface area (TPSA) is 83.0 Å². The predicted molar refractivity (Wildman–Crippen MR) is 147 cm³/mol. The molecule has 0 bridgehead atoms. The van der Waals surface area contributed by atoms with Crippen LogP contribution in [-0.4, -0.2) is 22.0 Å². The largest absolute Gasteiger partial charge is 0.486 e. The molecule has 0 atom stereocenters. The van der Waals surface area contributed by atoms with Crippen LogP contribution in [0.5, 0.6) is 5.75 Å². The van der Waals surface area contributed by atoms with Crippen molar-refractivity contribution in [1.82, 2.24) is 4.57 Å². The number of carbonyl (C=O) groups excluding carboxylic acids is 2.